The third-order valence-electron chi connectivity index (χ3n) is 16.2. The molecule has 0 aliphatic heterocycles. The van der Waals surface area contributed by atoms with Crippen LogP contribution in [0.1, 0.15) is 317 Å². The summed E-state index contributed by atoms with van der Waals surface area (Å²) in [5, 5.41) is 0. The molecule has 0 spiro atoms. The van der Waals surface area contributed by atoms with Gasteiger partial charge in [-0.25, -0.2) is 0 Å². The van der Waals surface area contributed by atoms with Crippen LogP contribution in [0.25, 0.3) is 0 Å². The molecule has 81 heavy (non-hydrogen) atoms. The average molecular weight is 1150 g/mol. The van der Waals surface area contributed by atoms with Gasteiger partial charge in [-0.15, -0.1) is 0 Å². The number of carbonyl (C=O) groups excluding carboxylic acids is 4. The lowest BCUT2D eigenvalue weighted by Gasteiger charge is -2.28. The maximum absolute atomic E-state index is 12.9. The molecule has 0 aromatic carbocycles. The standard InChI is InChI=1S/C69H136N4O8/c1-7-12-17-21-25-29-33-37-41-62-78-66(74)47-56-72(57-48-67(75)79-63-42-38-34-30-26-22-18-13-8-2)53-45-51-70(6)60-61-71(52-16-11-5)54-46-55-73(58-49-68(76)80-64-43-39-35-31-27-23-19-14-9-3)59-50-69(77)81-65-44-40-36-32-28-24-20-15-10-4/h7-65H2,1-6H3. The summed E-state index contributed by atoms with van der Waals surface area (Å²) in [6.45, 7) is 22.0. The maximum atomic E-state index is 12.9. The number of ether oxygens (including phenoxy) is 4. The molecule has 0 saturated heterocycles. The molecule has 0 saturated carbocycles. The Bertz CT molecular complexity index is 1280. The molecule has 0 radical (unpaired) electrons. The summed E-state index contributed by atoms with van der Waals surface area (Å²) in [6, 6.07) is 0. The molecule has 0 unspecified atom stereocenters. The molecule has 0 aromatic rings. The third-order valence-corrected chi connectivity index (χ3v) is 16.2. The van der Waals surface area contributed by atoms with Crippen molar-refractivity contribution in [2.45, 2.75) is 317 Å². The van der Waals surface area contributed by atoms with Gasteiger partial charge < -0.3 is 38.5 Å². The smallest absolute Gasteiger partial charge is 0.307 e. The number of carbonyl (C=O) groups is 4. The van der Waals surface area contributed by atoms with E-state index in [4.69, 9.17) is 18.9 Å². The van der Waals surface area contributed by atoms with Crippen LogP contribution in [0.3, 0.4) is 0 Å². The van der Waals surface area contributed by atoms with E-state index in [-0.39, 0.29) is 23.9 Å². The van der Waals surface area contributed by atoms with Gasteiger partial charge in [-0.3, -0.25) is 19.2 Å². The number of rotatable bonds is 66. The van der Waals surface area contributed by atoms with E-state index in [1.54, 1.807) is 0 Å². The van der Waals surface area contributed by atoms with Gasteiger partial charge in [0.05, 0.1) is 52.1 Å². The lowest BCUT2D eigenvalue weighted by atomic mass is 10.1. The lowest BCUT2D eigenvalue weighted by Crippen LogP contribution is -2.38. The molecule has 12 nitrogen and oxygen atoms in total. The van der Waals surface area contributed by atoms with Crippen molar-refractivity contribution in [1.29, 1.82) is 0 Å². The second-order valence-electron chi connectivity index (χ2n) is 24.1. The van der Waals surface area contributed by atoms with E-state index in [2.05, 4.69) is 61.3 Å². The molecule has 0 amide bonds. The van der Waals surface area contributed by atoms with E-state index in [1.807, 2.05) is 0 Å². The Labute approximate surface area is 502 Å². The first-order valence-electron chi connectivity index (χ1n) is 35.2. The lowest BCUT2D eigenvalue weighted by molar-refractivity contribution is -0.146. The van der Waals surface area contributed by atoms with Crippen molar-refractivity contribution in [1.82, 2.24) is 19.6 Å². The van der Waals surface area contributed by atoms with Gasteiger partial charge in [-0.05, 0) is 84.7 Å². The average Bonchev–Trinajstić information content (AvgIpc) is 3.46. The predicted octanol–water partition coefficient (Wildman–Crippen LogP) is 17.3. The summed E-state index contributed by atoms with van der Waals surface area (Å²) < 4.78 is 22.7. The normalized spacial score (nSPS) is 11.7. The highest BCUT2D eigenvalue weighted by atomic mass is 16.5. The zero-order valence-corrected chi connectivity index (χ0v) is 54.8. The van der Waals surface area contributed by atoms with Crippen LogP contribution in [-0.4, -0.2) is 149 Å². The SMILES string of the molecule is CCCCCCCCCCCOC(=O)CCN(CCCN(C)CCN(CCCC)CCCN(CCC(=O)OCCCCCCCCCCC)CCC(=O)OCCCCCCCCCCC)CCC(=O)OCCCCCCCCCCC. The predicted molar refractivity (Wildman–Crippen MR) is 342 cm³/mol. The summed E-state index contributed by atoms with van der Waals surface area (Å²) in [5.41, 5.74) is 0. The zero-order chi connectivity index (χ0) is 59.2. The summed E-state index contributed by atoms with van der Waals surface area (Å²) >= 11 is 0. The Morgan fingerprint density at radius 2 is 0.432 bits per heavy atom. The minimum atomic E-state index is -0.149. The van der Waals surface area contributed by atoms with E-state index < -0.39 is 0 Å². The van der Waals surface area contributed by atoms with E-state index in [0.717, 1.165) is 123 Å². The van der Waals surface area contributed by atoms with Gasteiger partial charge in [-0.1, -0.05) is 247 Å². The maximum Gasteiger partial charge on any atom is 0.307 e. The molecule has 0 bridgehead atoms. The number of likely N-dealkylation sites (N-methyl/N-ethyl adjacent to an activating group) is 1. The van der Waals surface area contributed by atoms with Crippen molar-refractivity contribution >= 4 is 23.9 Å². The van der Waals surface area contributed by atoms with Gasteiger partial charge in [0.15, 0.2) is 0 Å². The number of hydrogen-bond donors (Lipinski definition) is 0. The molecule has 0 rings (SSSR count). The first-order chi connectivity index (χ1) is 39.7. The Morgan fingerprint density at radius 3 is 0.691 bits per heavy atom. The topological polar surface area (TPSA) is 118 Å². The van der Waals surface area contributed by atoms with Crippen molar-refractivity contribution in [2.75, 3.05) is 105 Å². The van der Waals surface area contributed by atoms with Gasteiger partial charge >= 0.3 is 23.9 Å². The molecule has 0 heterocycles. The Balaban J connectivity index is 5.22. The van der Waals surface area contributed by atoms with Gasteiger partial charge in [0, 0.05) is 39.3 Å². The van der Waals surface area contributed by atoms with Crippen LogP contribution in [0.4, 0.5) is 0 Å². The van der Waals surface area contributed by atoms with E-state index in [1.165, 1.54) is 180 Å². The highest BCUT2D eigenvalue weighted by Gasteiger charge is 2.16. The second kappa shape index (κ2) is 63.7. The summed E-state index contributed by atoms with van der Waals surface area (Å²) in [7, 11) is 2.20. The molecule has 0 atom stereocenters. The van der Waals surface area contributed by atoms with Crippen LogP contribution in [0.5, 0.6) is 0 Å². The highest BCUT2D eigenvalue weighted by Crippen LogP contribution is 2.14. The first-order valence-corrected chi connectivity index (χ1v) is 35.2. The summed E-state index contributed by atoms with van der Waals surface area (Å²) in [4.78, 5) is 61.1. The van der Waals surface area contributed by atoms with Crippen LogP contribution in [0.2, 0.25) is 0 Å². The number of nitrogens with zero attached hydrogens (tertiary/aromatic N) is 4. The van der Waals surface area contributed by atoms with Crippen LogP contribution in [0, 0.1) is 0 Å². The molecule has 0 aromatic heterocycles. The second-order valence-corrected chi connectivity index (χ2v) is 24.1. The van der Waals surface area contributed by atoms with E-state index in [9.17, 15) is 19.2 Å². The van der Waals surface area contributed by atoms with E-state index in [0.29, 0.717) is 78.3 Å². The first kappa shape index (κ1) is 78.7. The summed E-state index contributed by atoms with van der Waals surface area (Å²) in [6.07, 6.45) is 49.8. The van der Waals surface area contributed by atoms with Crippen molar-refractivity contribution in [3.05, 3.63) is 0 Å². The van der Waals surface area contributed by atoms with Crippen LogP contribution in [0.15, 0.2) is 0 Å². The fourth-order valence-corrected chi connectivity index (χ4v) is 10.6. The van der Waals surface area contributed by atoms with Crippen molar-refractivity contribution in [3.8, 4) is 0 Å². The highest BCUT2D eigenvalue weighted by molar-refractivity contribution is 5.71. The molecular weight excluding hydrogens is 1010 g/mol. The van der Waals surface area contributed by atoms with Crippen molar-refractivity contribution < 1.29 is 38.1 Å². The summed E-state index contributed by atoms with van der Waals surface area (Å²) in [5.74, 6) is -0.590. The molecule has 12 heteroatoms. The van der Waals surface area contributed by atoms with E-state index >= 15 is 0 Å². The number of esters is 4. The van der Waals surface area contributed by atoms with Gasteiger partial charge in [0.1, 0.15) is 0 Å². The van der Waals surface area contributed by atoms with Crippen molar-refractivity contribution in [2.24, 2.45) is 0 Å². The minimum absolute atomic E-state index is 0.146. The molecule has 0 aliphatic rings. The third kappa shape index (κ3) is 59.3. The largest absolute Gasteiger partial charge is 0.466 e. The molecule has 0 N–H and O–H groups in total. The van der Waals surface area contributed by atoms with Gasteiger partial charge in [0.25, 0.3) is 0 Å². The fourth-order valence-electron chi connectivity index (χ4n) is 10.6. The Kier molecular flexibility index (Phi) is 61.9. The fraction of sp³-hybridized carbons (Fsp3) is 0.942. The molecule has 480 valence electrons. The van der Waals surface area contributed by atoms with Gasteiger partial charge in [0.2, 0.25) is 0 Å². The van der Waals surface area contributed by atoms with Crippen molar-refractivity contribution in [3.63, 3.8) is 0 Å². The Morgan fingerprint density at radius 1 is 0.222 bits per heavy atom. The molecule has 0 aliphatic carbocycles. The quantitative estimate of drug-likeness (QED) is 0.0328. The minimum Gasteiger partial charge on any atom is -0.466 e. The van der Waals surface area contributed by atoms with Crippen LogP contribution < -0.4 is 0 Å². The zero-order valence-electron chi connectivity index (χ0n) is 54.8. The van der Waals surface area contributed by atoms with Crippen LogP contribution in [-0.2, 0) is 38.1 Å². The Hall–Kier alpha value is -2.28. The number of hydrogen-bond acceptors (Lipinski definition) is 12. The number of unbranched alkanes of at least 4 members (excludes halogenated alkanes) is 33. The van der Waals surface area contributed by atoms with Crippen LogP contribution >= 0.6 is 0 Å². The van der Waals surface area contributed by atoms with Gasteiger partial charge in [-0.2, -0.15) is 0 Å². The molecule has 0 fully saturated rings. The molecular formula is C69H136N4O8. The monoisotopic (exact) mass is 1150 g/mol.